The lowest BCUT2D eigenvalue weighted by molar-refractivity contribution is -0.384. The number of nitro benzene ring substituents is 1. The van der Waals surface area contributed by atoms with E-state index in [0.29, 0.717) is 36.1 Å². The zero-order valence-electron chi connectivity index (χ0n) is 16.6. The molecule has 0 spiro atoms. The van der Waals surface area contributed by atoms with Gasteiger partial charge in [0.05, 0.1) is 4.92 Å². The van der Waals surface area contributed by atoms with Crippen molar-refractivity contribution in [3.8, 4) is 0 Å². The summed E-state index contributed by atoms with van der Waals surface area (Å²) in [7, 11) is 0. The van der Waals surface area contributed by atoms with Crippen molar-refractivity contribution in [2.24, 2.45) is 0 Å². The van der Waals surface area contributed by atoms with Gasteiger partial charge in [-0.2, -0.15) is 0 Å². The number of rotatable bonds is 8. The third-order valence-corrected chi connectivity index (χ3v) is 5.35. The number of nitrogens with one attached hydrogen (secondary N) is 1. The van der Waals surface area contributed by atoms with Crippen molar-refractivity contribution >= 4 is 34.9 Å². The summed E-state index contributed by atoms with van der Waals surface area (Å²) in [6.45, 7) is 1.13. The molecular formula is C23H21Cl2N3O3. The second-order valence-electron chi connectivity index (χ2n) is 6.98. The molecule has 0 bridgehead atoms. The maximum atomic E-state index is 12.9. The topological polar surface area (TPSA) is 75.5 Å². The highest BCUT2D eigenvalue weighted by molar-refractivity contribution is 6.35. The van der Waals surface area contributed by atoms with Crippen molar-refractivity contribution in [2.75, 3.05) is 6.54 Å². The molecule has 6 nitrogen and oxygen atoms in total. The minimum Gasteiger partial charge on any atom is -0.334 e. The van der Waals surface area contributed by atoms with Crippen LogP contribution in [0, 0.1) is 10.1 Å². The van der Waals surface area contributed by atoms with E-state index in [1.165, 1.54) is 12.1 Å². The van der Waals surface area contributed by atoms with Crippen molar-refractivity contribution in [3.63, 3.8) is 0 Å². The number of halogens is 2. The number of hydrogen-bond donors (Lipinski definition) is 1. The molecule has 0 aliphatic rings. The van der Waals surface area contributed by atoms with Crippen molar-refractivity contribution in [3.05, 3.63) is 110 Å². The number of carbonyl (C=O) groups is 1. The van der Waals surface area contributed by atoms with Crippen molar-refractivity contribution in [2.45, 2.75) is 19.5 Å². The predicted molar refractivity (Wildman–Crippen MR) is 122 cm³/mol. The summed E-state index contributed by atoms with van der Waals surface area (Å²) >= 11 is 12.2. The van der Waals surface area contributed by atoms with Crippen LogP contribution in [0.25, 0.3) is 0 Å². The number of nitro groups is 1. The number of amides is 2. The third kappa shape index (κ3) is 6.70. The standard InChI is InChI=1S/C23H21Cl2N3O3/c24-20-9-8-19(22(25)14-20)12-13-27(16-18-6-10-21(11-7-18)28(30)31)23(29)26-15-17-4-2-1-3-5-17/h1-11,14H,12-13,15-16H2,(H,26,29). The van der Waals surface area contributed by atoms with Crippen LogP contribution in [0.5, 0.6) is 0 Å². The SMILES string of the molecule is O=C(NCc1ccccc1)N(CCc1ccc(Cl)cc1Cl)Cc1ccc([N+](=O)[O-])cc1. The molecule has 2 amide bonds. The van der Waals surface area contributed by atoms with Gasteiger partial charge in [-0.05, 0) is 35.2 Å². The van der Waals surface area contributed by atoms with E-state index in [9.17, 15) is 14.9 Å². The van der Waals surface area contributed by atoms with Gasteiger partial charge in [0.15, 0.2) is 0 Å². The van der Waals surface area contributed by atoms with Gasteiger partial charge in [-0.15, -0.1) is 0 Å². The molecule has 0 radical (unpaired) electrons. The minimum absolute atomic E-state index is 0.0109. The first-order valence-corrected chi connectivity index (χ1v) is 10.4. The van der Waals surface area contributed by atoms with Gasteiger partial charge < -0.3 is 10.2 Å². The van der Waals surface area contributed by atoms with E-state index in [1.807, 2.05) is 36.4 Å². The van der Waals surface area contributed by atoms with E-state index in [-0.39, 0.29) is 11.7 Å². The zero-order valence-corrected chi connectivity index (χ0v) is 18.1. The fourth-order valence-electron chi connectivity index (χ4n) is 3.06. The first-order chi connectivity index (χ1) is 14.9. The summed E-state index contributed by atoms with van der Waals surface area (Å²) in [5, 5.41) is 14.9. The fraction of sp³-hybridized carbons (Fsp3) is 0.174. The third-order valence-electron chi connectivity index (χ3n) is 4.76. The second-order valence-corrected chi connectivity index (χ2v) is 7.82. The predicted octanol–water partition coefficient (Wildman–Crippen LogP) is 5.86. The first kappa shape index (κ1) is 22.6. The first-order valence-electron chi connectivity index (χ1n) is 9.66. The van der Waals surface area contributed by atoms with Crippen LogP contribution in [0.2, 0.25) is 10.0 Å². The lowest BCUT2D eigenvalue weighted by Gasteiger charge is -2.24. The normalized spacial score (nSPS) is 10.5. The molecule has 0 aliphatic carbocycles. The van der Waals surface area contributed by atoms with Crippen molar-refractivity contribution in [1.29, 1.82) is 0 Å². The van der Waals surface area contributed by atoms with E-state index < -0.39 is 4.92 Å². The molecule has 3 rings (SSSR count). The average molecular weight is 458 g/mol. The van der Waals surface area contributed by atoms with E-state index in [1.54, 1.807) is 29.2 Å². The van der Waals surface area contributed by atoms with Crippen LogP contribution in [-0.4, -0.2) is 22.4 Å². The second kappa shape index (κ2) is 10.8. The summed E-state index contributed by atoms with van der Waals surface area (Å²) in [4.78, 5) is 25.0. The van der Waals surface area contributed by atoms with Gasteiger partial charge in [0.25, 0.3) is 5.69 Å². The zero-order chi connectivity index (χ0) is 22.2. The Hall–Kier alpha value is -3.09. The highest BCUT2D eigenvalue weighted by Gasteiger charge is 2.16. The Labute approximate surface area is 190 Å². The van der Waals surface area contributed by atoms with Crippen LogP contribution in [0.4, 0.5) is 10.5 Å². The number of carbonyl (C=O) groups excluding carboxylic acids is 1. The van der Waals surface area contributed by atoms with Gasteiger partial charge >= 0.3 is 6.03 Å². The largest absolute Gasteiger partial charge is 0.334 e. The maximum Gasteiger partial charge on any atom is 0.317 e. The van der Waals surface area contributed by atoms with E-state index in [4.69, 9.17) is 23.2 Å². The Kier molecular flexibility index (Phi) is 7.87. The summed E-state index contributed by atoms with van der Waals surface area (Å²) in [6, 6.07) is 20.9. The molecule has 160 valence electrons. The van der Waals surface area contributed by atoms with E-state index in [0.717, 1.165) is 16.7 Å². The van der Waals surface area contributed by atoms with Crippen LogP contribution in [0.1, 0.15) is 16.7 Å². The number of hydrogen-bond acceptors (Lipinski definition) is 3. The van der Waals surface area contributed by atoms with Gasteiger partial charge in [-0.3, -0.25) is 10.1 Å². The van der Waals surface area contributed by atoms with Crippen molar-refractivity contribution in [1.82, 2.24) is 10.2 Å². The highest BCUT2D eigenvalue weighted by Crippen LogP contribution is 2.22. The molecule has 0 unspecified atom stereocenters. The van der Waals surface area contributed by atoms with Crippen LogP contribution < -0.4 is 5.32 Å². The number of benzene rings is 3. The molecule has 31 heavy (non-hydrogen) atoms. The smallest absolute Gasteiger partial charge is 0.317 e. The number of non-ortho nitro benzene ring substituents is 1. The highest BCUT2D eigenvalue weighted by atomic mass is 35.5. The van der Waals surface area contributed by atoms with Crippen LogP contribution in [0.3, 0.4) is 0 Å². The molecule has 0 saturated carbocycles. The molecule has 0 saturated heterocycles. The quantitative estimate of drug-likeness (QED) is 0.340. The molecular weight excluding hydrogens is 437 g/mol. The maximum absolute atomic E-state index is 12.9. The Morgan fingerprint density at radius 3 is 2.32 bits per heavy atom. The molecule has 3 aromatic rings. The molecule has 0 fully saturated rings. The number of nitrogens with zero attached hydrogens (tertiary/aromatic N) is 2. The van der Waals surface area contributed by atoms with Gasteiger partial charge in [-0.25, -0.2) is 4.79 Å². The fourth-order valence-corrected chi connectivity index (χ4v) is 3.56. The van der Waals surface area contributed by atoms with Gasteiger partial charge in [0.2, 0.25) is 0 Å². The summed E-state index contributed by atoms with van der Waals surface area (Å²) in [6.07, 6.45) is 0.543. The monoisotopic (exact) mass is 457 g/mol. The average Bonchev–Trinajstić information content (AvgIpc) is 2.77. The Morgan fingerprint density at radius 2 is 1.68 bits per heavy atom. The molecule has 1 N–H and O–H groups in total. The van der Waals surface area contributed by atoms with Crippen LogP contribution in [0.15, 0.2) is 72.8 Å². The molecule has 0 atom stereocenters. The van der Waals surface area contributed by atoms with E-state index >= 15 is 0 Å². The molecule has 3 aromatic carbocycles. The summed E-state index contributed by atoms with van der Waals surface area (Å²) in [5.74, 6) is 0. The number of urea groups is 1. The molecule has 0 aliphatic heterocycles. The lowest BCUT2D eigenvalue weighted by atomic mass is 10.1. The lowest BCUT2D eigenvalue weighted by Crippen LogP contribution is -2.40. The Morgan fingerprint density at radius 1 is 0.968 bits per heavy atom. The van der Waals surface area contributed by atoms with E-state index in [2.05, 4.69) is 5.32 Å². The van der Waals surface area contributed by atoms with Gasteiger partial charge in [0, 0.05) is 41.8 Å². The van der Waals surface area contributed by atoms with Crippen LogP contribution in [-0.2, 0) is 19.5 Å². The van der Waals surface area contributed by atoms with Gasteiger partial charge in [0.1, 0.15) is 0 Å². The summed E-state index contributed by atoms with van der Waals surface area (Å²) < 4.78 is 0. The molecule has 0 aromatic heterocycles. The molecule has 8 heteroatoms. The molecule has 0 heterocycles. The summed E-state index contributed by atoms with van der Waals surface area (Å²) in [5.41, 5.74) is 2.68. The van der Waals surface area contributed by atoms with Crippen molar-refractivity contribution < 1.29 is 9.72 Å². The van der Waals surface area contributed by atoms with Crippen LogP contribution >= 0.6 is 23.2 Å². The Bertz CT molecular complexity index is 1040. The van der Waals surface area contributed by atoms with Gasteiger partial charge in [-0.1, -0.05) is 71.7 Å². The Balaban J connectivity index is 1.71. The minimum atomic E-state index is -0.448.